The highest BCUT2D eigenvalue weighted by molar-refractivity contribution is 6.01. The monoisotopic (exact) mass is 324 g/mol. The predicted molar refractivity (Wildman–Crippen MR) is 91.7 cm³/mol. The Morgan fingerprint density at radius 3 is 2.42 bits per heavy atom. The molecule has 1 aliphatic carbocycles. The summed E-state index contributed by atoms with van der Waals surface area (Å²) in [4.78, 5) is 35.5. The van der Waals surface area contributed by atoms with Gasteiger partial charge in [0.1, 0.15) is 0 Å². The molecule has 5 nitrogen and oxygen atoms in total. The molecule has 0 spiro atoms. The Labute approximate surface area is 140 Å². The van der Waals surface area contributed by atoms with Crippen LogP contribution in [0.15, 0.2) is 42.5 Å². The summed E-state index contributed by atoms with van der Waals surface area (Å²) in [5, 5.41) is 7.43. The van der Waals surface area contributed by atoms with E-state index in [1.807, 2.05) is 36.4 Å². The van der Waals surface area contributed by atoms with Gasteiger partial charge in [0.05, 0.1) is 6.54 Å². The van der Waals surface area contributed by atoms with Crippen molar-refractivity contribution in [3.05, 3.63) is 48.0 Å². The van der Waals surface area contributed by atoms with E-state index in [1.54, 1.807) is 6.07 Å². The number of hydrogen-bond donors (Lipinski definition) is 2. The Morgan fingerprint density at radius 2 is 1.67 bits per heavy atom. The third kappa shape index (κ3) is 4.41. The first-order valence-electron chi connectivity index (χ1n) is 8.20. The number of amides is 2. The van der Waals surface area contributed by atoms with Crippen molar-refractivity contribution in [2.75, 3.05) is 6.54 Å². The van der Waals surface area contributed by atoms with E-state index >= 15 is 0 Å². The number of nitrogens with one attached hydrogen (secondary N) is 2. The van der Waals surface area contributed by atoms with E-state index < -0.39 is 0 Å². The summed E-state index contributed by atoms with van der Waals surface area (Å²) < 4.78 is 0. The van der Waals surface area contributed by atoms with Gasteiger partial charge in [-0.2, -0.15) is 0 Å². The smallest absolute Gasteiger partial charge is 0.239 e. The van der Waals surface area contributed by atoms with Gasteiger partial charge in [-0.3, -0.25) is 14.4 Å². The molecule has 0 radical (unpaired) electrons. The lowest BCUT2D eigenvalue weighted by Crippen LogP contribution is -2.37. The summed E-state index contributed by atoms with van der Waals surface area (Å²) in [6, 6.07) is 13.6. The van der Waals surface area contributed by atoms with Gasteiger partial charge in [0, 0.05) is 24.4 Å². The minimum Gasteiger partial charge on any atom is -0.352 e. The van der Waals surface area contributed by atoms with E-state index in [4.69, 9.17) is 0 Å². The third-order valence-corrected chi connectivity index (χ3v) is 4.04. The highest BCUT2D eigenvalue weighted by Gasteiger charge is 2.23. The number of Topliss-reactive ketones (excluding diaryl/α,β-unsaturated/α-hetero) is 1. The van der Waals surface area contributed by atoms with Crippen LogP contribution in [0, 0.1) is 0 Å². The van der Waals surface area contributed by atoms with Crippen LogP contribution in [-0.2, 0) is 9.59 Å². The Hall–Kier alpha value is -2.69. The van der Waals surface area contributed by atoms with Crippen molar-refractivity contribution in [3.63, 3.8) is 0 Å². The Morgan fingerprint density at radius 1 is 0.917 bits per heavy atom. The van der Waals surface area contributed by atoms with Gasteiger partial charge in [0.2, 0.25) is 11.8 Å². The molecule has 5 heteroatoms. The van der Waals surface area contributed by atoms with Gasteiger partial charge in [0.15, 0.2) is 5.78 Å². The van der Waals surface area contributed by atoms with Crippen molar-refractivity contribution < 1.29 is 14.4 Å². The van der Waals surface area contributed by atoms with E-state index in [9.17, 15) is 14.4 Å². The molecule has 0 aromatic heterocycles. The van der Waals surface area contributed by atoms with Crippen molar-refractivity contribution in [1.29, 1.82) is 0 Å². The maximum absolute atomic E-state index is 12.2. The summed E-state index contributed by atoms with van der Waals surface area (Å²) in [6.45, 7) is -0.0283. The fraction of sp³-hybridized carbons (Fsp3) is 0.316. The molecule has 0 aliphatic heterocycles. The van der Waals surface area contributed by atoms with Crippen molar-refractivity contribution in [1.82, 2.24) is 10.6 Å². The lowest BCUT2D eigenvalue weighted by molar-refractivity contribution is -0.126. The number of fused-ring (bicyclic) bond motifs is 1. The predicted octanol–water partition coefficient (Wildman–Crippen LogP) is 2.20. The molecule has 2 amide bonds. The van der Waals surface area contributed by atoms with Gasteiger partial charge in [-0.1, -0.05) is 36.4 Å². The molecule has 2 N–H and O–H groups in total. The fourth-order valence-electron chi connectivity index (χ4n) is 2.51. The van der Waals surface area contributed by atoms with Crippen molar-refractivity contribution in [2.45, 2.75) is 31.7 Å². The number of carbonyl (C=O) groups excluding carboxylic acids is 3. The molecule has 0 heterocycles. The SMILES string of the molecule is O=C(CCC(=O)c1ccc2ccccc2c1)NCC(=O)NC1CC1. The molecule has 2 aromatic carbocycles. The van der Waals surface area contributed by atoms with Crippen LogP contribution in [0.1, 0.15) is 36.0 Å². The van der Waals surface area contributed by atoms with Crippen LogP contribution in [0.3, 0.4) is 0 Å². The van der Waals surface area contributed by atoms with Gasteiger partial charge in [-0.15, -0.1) is 0 Å². The molecule has 124 valence electrons. The van der Waals surface area contributed by atoms with Gasteiger partial charge in [-0.25, -0.2) is 0 Å². The highest BCUT2D eigenvalue weighted by atomic mass is 16.2. The van der Waals surface area contributed by atoms with Crippen LogP contribution in [0.4, 0.5) is 0 Å². The van der Waals surface area contributed by atoms with Crippen LogP contribution in [0.5, 0.6) is 0 Å². The topological polar surface area (TPSA) is 75.3 Å². The van der Waals surface area contributed by atoms with Gasteiger partial charge in [0.25, 0.3) is 0 Å². The van der Waals surface area contributed by atoms with E-state index in [-0.39, 0.29) is 43.0 Å². The molecular weight excluding hydrogens is 304 g/mol. The zero-order chi connectivity index (χ0) is 16.9. The van der Waals surface area contributed by atoms with Crippen LogP contribution < -0.4 is 10.6 Å². The minimum atomic E-state index is -0.282. The number of benzene rings is 2. The number of rotatable bonds is 7. The van der Waals surface area contributed by atoms with E-state index in [1.165, 1.54) is 0 Å². The van der Waals surface area contributed by atoms with Gasteiger partial charge >= 0.3 is 0 Å². The van der Waals surface area contributed by atoms with Gasteiger partial charge in [-0.05, 0) is 29.7 Å². The highest BCUT2D eigenvalue weighted by Crippen LogP contribution is 2.18. The summed E-state index contributed by atoms with van der Waals surface area (Å²) in [5.41, 5.74) is 0.605. The van der Waals surface area contributed by atoms with E-state index in [0.717, 1.165) is 23.6 Å². The van der Waals surface area contributed by atoms with Crippen LogP contribution in [0.2, 0.25) is 0 Å². The zero-order valence-electron chi connectivity index (χ0n) is 13.4. The van der Waals surface area contributed by atoms with Crippen LogP contribution >= 0.6 is 0 Å². The summed E-state index contributed by atoms with van der Waals surface area (Å²) >= 11 is 0. The fourth-order valence-corrected chi connectivity index (χ4v) is 2.51. The molecule has 2 aromatic rings. The van der Waals surface area contributed by atoms with Gasteiger partial charge < -0.3 is 10.6 Å². The average molecular weight is 324 g/mol. The van der Waals surface area contributed by atoms with Crippen molar-refractivity contribution in [3.8, 4) is 0 Å². The Kier molecular flexibility index (Phi) is 4.89. The largest absolute Gasteiger partial charge is 0.352 e. The lowest BCUT2D eigenvalue weighted by Gasteiger charge is -2.06. The van der Waals surface area contributed by atoms with Crippen LogP contribution in [0.25, 0.3) is 10.8 Å². The number of carbonyl (C=O) groups is 3. The van der Waals surface area contributed by atoms with Crippen LogP contribution in [-0.4, -0.2) is 30.2 Å². The number of hydrogen-bond acceptors (Lipinski definition) is 3. The second-order valence-corrected chi connectivity index (χ2v) is 6.10. The number of ketones is 1. The summed E-state index contributed by atoms with van der Waals surface area (Å²) in [5.74, 6) is -0.528. The first-order valence-corrected chi connectivity index (χ1v) is 8.20. The quantitative estimate of drug-likeness (QED) is 0.767. The average Bonchev–Trinajstić information content (AvgIpc) is 3.41. The molecular formula is C19H20N2O3. The Bertz CT molecular complexity index is 781. The minimum absolute atomic E-state index is 0.0283. The summed E-state index contributed by atoms with van der Waals surface area (Å²) in [6.07, 6.45) is 2.25. The normalized spacial score (nSPS) is 13.5. The summed E-state index contributed by atoms with van der Waals surface area (Å²) in [7, 11) is 0. The molecule has 0 bridgehead atoms. The molecule has 1 fully saturated rings. The third-order valence-electron chi connectivity index (χ3n) is 4.04. The Balaban J connectivity index is 1.46. The standard InChI is InChI=1S/C19H20N2O3/c22-17(15-6-5-13-3-1-2-4-14(13)11-15)9-10-18(23)20-12-19(24)21-16-7-8-16/h1-6,11,16H,7-10,12H2,(H,20,23)(H,21,24). The van der Waals surface area contributed by atoms with E-state index in [0.29, 0.717) is 5.56 Å². The molecule has 1 saturated carbocycles. The van der Waals surface area contributed by atoms with Crippen molar-refractivity contribution in [2.24, 2.45) is 0 Å². The molecule has 24 heavy (non-hydrogen) atoms. The first kappa shape index (κ1) is 16.2. The van der Waals surface area contributed by atoms with Crippen molar-refractivity contribution >= 4 is 28.4 Å². The molecule has 0 saturated heterocycles. The molecule has 3 rings (SSSR count). The second kappa shape index (κ2) is 7.25. The first-order chi connectivity index (χ1) is 11.6. The van der Waals surface area contributed by atoms with E-state index in [2.05, 4.69) is 10.6 Å². The molecule has 1 aliphatic rings. The maximum Gasteiger partial charge on any atom is 0.239 e. The lowest BCUT2D eigenvalue weighted by atomic mass is 10.0. The molecule has 0 unspecified atom stereocenters. The zero-order valence-corrected chi connectivity index (χ0v) is 13.4. The molecule has 0 atom stereocenters. The maximum atomic E-state index is 12.2. The second-order valence-electron chi connectivity index (χ2n) is 6.10.